The smallest absolute Gasteiger partial charge is 0.244 e. The Morgan fingerprint density at radius 1 is 1.06 bits per heavy atom. The maximum absolute atomic E-state index is 13.6. The van der Waals surface area contributed by atoms with Crippen molar-refractivity contribution in [2.24, 2.45) is 0 Å². The van der Waals surface area contributed by atoms with Crippen LogP contribution in [0.1, 0.15) is 39.2 Å². The van der Waals surface area contributed by atoms with Crippen molar-refractivity contribution in [3.05, 3.63) is 59.9 Å². The Morgan fingerprint density at radius 2 is 1.69 bits per heavy atom. The van der Waals surface area contributed by atoms with Crippen molar-refractivity contribution in [1.29, 1.82) is 0 Å². The molecular weight excluding hydrogens is 473 g/mol. The Hall–Kier alpha value is -3.14. The lowest BCUT2D eigenvalue weighted by molar-refractivity contribution is -0.140. The Bertz CT molecular complexity index is 1110. The van der Waals surface area contributed by atoms with Gasteiger partial charge in [-0.1, -0.05) is 38.1 Å². The van der Waals surface area contributed by atoms with Crippen LogP contribution in [0.3, 0.4) is 0 Å². The van der Waals surface area contributed by atoms with Gasteiger partial charge in [0.25, 0.3) is 0 Å². The van der Waals surface area contributed by atoms with Crippen LogP contribution in [0.5, 0.6) is 5.75 Å². The molecule has 10 heteroatoms. The number of benzene rings is 2. The highest BCUT2D eigenvalue weighted by Crippen LogP contribution is 2.29. The molecule has 0 saturated heterocycles. The number of halogens is 1. The molecule has 35 heavy (non-hydrogen) atoms. The molecule has 2 aromatic carbocycles. The highest BCUT2D eigenvalue weighted by molar-refractivity contribution is 7.92. The van der Waals surface area contributed by atoms with Crippen LogP contribution in [0, 0.1) is 5.82 Å². The van der Waals surface area contributed by atoms with Crippen molar-refractivity contribution in [1.82, 2.24) is 10.2 Å². The van der Waals surface area contributed by atoms with Crippen molar-refractivity contribution in [2.75, 3.05) is 24.2 Å². The number of sulfonamides is 1. The molecule has 0 unspecified atom stereocenters. The monoisotopic (exact) mass is 507 g/mol. The molecule has 192 valence electrons. The first-order chi connectivity index (χ1) is 16.5. The summed E-state index contributed by atoms with van der Waals surface area (Å²) in [6, 6.07) is 11.1. The van der Waals surface area contributed by atoms with Gasteiger partial charge in [0, 0.05) is 12.6 Å². The Labute approximate surface area is 207 Å². The molecule has 0 aliphatic rings. The van der Waals surface area contributed by atoms with Crippen molar-refractivity contribution in [3.63, 3.8) is 0 Å². The zero-order chi connectivity index (χ0) is 26.2. The van der Waals surface area contributed by atoms with E-state index in [1.54, 1.807) is 31.2 Å². The van der Waals surface area contributed by atoms with Crippen molar-refractivity contribution < 1.29 is 27.1 Å². The zero-order valence-electron chi connectivity index (χ0n) is 20.8. The van der Waals surface area contributed by atoms with Crippen LogP contribution in [0.4, 0.5) is 10.1 Å². The molecule has 0 aliphatic heterocycles. The quantitative estimate of drug-likeness (QED) is 0.476. The molecule has 0 aromatic heterocycles. The zero-order valence-corrected chi connectivity index (χ0v) is 21.6. The fraction of sp³-hybridized carbons (Fsp3) is 0.440. The van der Waals surface area contributed by atoms with Crippen LogP contribution in [-0.2, 0) is 26.2 Å². The lowest BCUT2D eigenvalue weighted by Gasteiger charge is -2.33. The van der Waals surface area contributed by atoms with Crippen molar-refractivity contribution in [3.8, 4) is 5.75 Å². The number of carbonyl (C=O) groups is 2. The number of carbonyl (C=O) groups excluding carboxylic acids is 2. The van der Waals surface area contributed by atoms with Gasteiger partial charge in [-0.15, -0.1) is 0 Å². The molecule has 8 nitrogen and oxygen atoms in total. The molecule has 0 bridgehead atoms. The second kappa shape index (κ2) is 12.5. The molecule has 2 aromatic rings. The van der Waals surface area contributed by atoms with E-state index >= 15 is 0 Å². The van der Waals surface area contributed by atoms with E-state index < -0.39 is 34.3 Å². The molecule has 2 atom stereocenters. The van der Waals surface area contributed by atoms with Crippen LogP contribution < -0.4 is 14.4 Å². The predicted molar refractivity (Wildman–Crippen MR) is 134 cm³/mol. The summed E-state index contributed by atoms with van der Waals surface area (Å²) in [5.74, 6) is -1.04. The van der Waals surface area contributed by atoms with E-state index in [9.17, 15) is 22.4 Å². The summed E-state index contributed by atoms with van der Waals surface area (Å²) in [4.78, 5) is 28.0. The first kappa shape index (κ1) is 28.1. The number of hydrogen-bond acceptors (Lipinski definition) is 5. The van der Waals surface area contributed by atoms with Gasteiger partial charge >= 0.3 is 0 Å². The molecule has 2 amide bonds. The molecule has 0 saturated carbocycles. The van der Waals surface area contributed by atoms with Crippen LogP contribution in [0.2, 0.25) is 0 Å². The summed E-state index contributed by atoms with van der Waals surface area (Å²) in [7, 11) is -2.47. The second-order valence-electron chi connectivity index (χ2n) is 8.33. The van der Waals surface area contributed by atoms with Gasteiger partial charge in [0.05, 0.1) is 19.1 Å². The van der Waals surface area contributed by atoms with Crippen LogP contribution in [0.15, 0.2) is 48.5 Å². The fourth-order valence-electron chi connectivity index (χ4n) is 3.58. The number of para-hydroxylation sites is 2. The van der Waals surface area contributed by atoms with Gasteiger partial charge in [0.1, 0.15) is 24.2 Å². The van der Waals surface area contributed by atoms with E-state index in [0.29, 0.717) is 18.4 Å². The topological polar surface area (TPSA) is 96.0 Å². The molecule has 0 fully saturated rings. The van der Waals surface area contributed by atoms with Gasteiger partial charge in [-0.3, -0.25) is 13.9 Å². The lowest BCUT2D eigenvalue weighted by atomic mass is 10.1. The van der Waals surface area contributed by atoms with Crippen molar-refractivity contribution >= 4 is 27.5 Å². The minimum Gasteiger partial charge on any atom is -0.495 e. The number of rotatable bonds is 12. The summed E-state index contributed by atoms with van der Waals surface area (Å²) < 4.78 is 45.1. The third-order valence-electron chi connectivity index (χ3n) is 5.69. The van der Waals surface area contributed by atoms with E-state index in [2.05, 4.69) is 5.32 Å². The molecule has 1 N–H and O–H groups in total. The Morgan fingerprint density at radius 3 is 2.23 bits per heavy atom. The summed E-state index contributed by atoms with van der Waals surface area (Å²) in [5.41, 5.74) is 0.822. The van der Waals surface area contributed by atoms with Crippen LogP contribution >= 0.6 is 0 Å². The lowest BCUT2D eigenvalue weighted by Crippen LogP contribution is -2.53. The van der Waals surface area contributed by atoms with Crippen LogP contribution in [-0.4, -0.2) is 57.1 Å². The number of ether oxygens (including phenoxy) is 1. The second-order valence-corrected chi connectivity index (χ2v) is 10.2. The largest absolute Gasteiger partial charge is 0.495 e. The average molecular weight is 508 g/mol. The number of nitrogens with one attached hydrogen (secondary N) is 1. The Balaban J connectivity index is 2.46. The van der Waals surface area contributed by atoms with Gasteiger partial charge < -0.3 is 15.0 Å². The van der Waals surface area contributed by atoms with E-state index in [4.69, 9.17) is 4.74 Å². The van der Waals surface area contributed by atoms with E-state index in [1.165, 1.54) is 36.3 Å². The standard InChI is InChI=1S/C25H34FN3O5S/c1-6-18(3)27-25(31)21(7-2)28(16-19-12-14-20(26)15-13-19)24(30)17-29(35(5,32)33)22-10-8-9-11-23(22)34-4/h8-15,18,21H,6-7,16-17H2,1-5H3,(H,27,31)/t18-,21-/m1/s1. The molecule has 2 rings (SSSR count). The Kier molecular flexibility index (Phi) is 10.1. The summed E-state index contributed by atoms with van der Waals surface area (Å²) >= 11 is 0. The highest BCUT2D eigenvalue weighted by Gasteiger charge is 2.32. The summed E-state index contributed by atoms with van der Waals surface area (Å²) in [6.45, 7) is 5.05. The van der Waals surface area contributed by atoms with Gasteiger partial charge in [0.15, 0.2) is 0 Å². The molecular formula is C25H34FN3O5S. The summed E-state index contributed by atoms with van der Waals surface area (Å²) in [6.07, 6.45) is 2.02. The van der Waals surface area contributed by atoms with E-state index in [1.807, 2.05) is 13.8 Å². The third kappa shape index (κ3) is 7.68. The van der Waals surface area contributed by atoms with E-state index in [0.717, 1.165) is 10.6 Å². The predicted octanol–water partition coefficient (Wildman–Crippen LogP) is 3.32. The average Bonchev–Trinajstić information content (AvgIpc) is 2.82. The maximum atomic E-state index is 13.6. The van der Waals surface area contributed by atoms with Gasteiger partial charge in [0.2, 0.25) is 21.8 Å². The molecule has 0 radical (unpaired) electrons. The number of methoxy groups -OCH3 is 1. The minimum absolute atomic E-state index is 0.00900. The highest BCUT2D eigenvalue weighted by atomic mass is 32.2. The first-order valence-corrected chi connectivity index (χ1v) is 13.3. The number of hydrogen-bond donors (Lipinski definition) is 1. The third-order valence-corrected chi connectivity index (χ3v) is 6.81. The molecule has 0 spiro atoms. The SMILES string of the molecule is CC[C@@H](C)NC(=O)[C@@H](CC)N(Cc1ccc(F)cc1)C(=O)CN(c1ccccc1OC)S(C)(=O)=O. The van der Waals surface area contributed by atoms with Gasteiger partial charge in [-0.05, 0) is 49.6 Å². The number of amides is 2. The molecule has 0 aliphatic carbocycles. The van der Waals surface area contributed by atoms with E-state index in [-0.39, 0.29) is 29.9 Å². The molecule has 0 heterocycles. The van der Waals surface area contributed by atoms with Gasteiger partial charge in [-0.2, -0.15) is 0 Å². The normalized spacial score (nSPS) is 13.0. The van der Waals surface area contributed by atoms with Crippen LogP contribution in [0.25, 0.3) is 0 Å². The van der Waals surface area contributed by atoms with Crippen molar-refractivity contribution in [2.45, 2.75) is 52.2 Å². The minimum atomic E-state index is -3.88. The van der Waals surface area contributed by atoms with Gasteiger partial charge in [-0.25, -0.2) is 12.8 Å². The maximum Gasteiger partial charge on any atom is 0.244 e. The first-order valence-electron chi connectivity index (χ1n) is 11.5. The number of nitrogens with zero attached hydrogens (tertiary/aromatic N) is 2. The number of anilines is 1. The fourth-order valence-corrected chi connectivity index (χ4v) is 4.43. The summed E-state index contributed by atoms with van der Waals surface area (Å²) in [5, 5.41) is 2.90.